The Morgan fingerprint density at radius 2 is 1.62 bits per heavy atom. The standard InChI is InChI=1S/C21H25N3O2/c1-2-11-22-20(25)17-7-6-8-18(16-17)21(26)24-14-12-23(13-15-24)19-9-4-3-5-10-19/h3-10,16H,2,11-15H2,1H3,(H,22,25). The zero-order chi connectivity index (χ0) is 18.4. The maximum atomic E-state index is 12.8. The van der Waals surface area contributed by atoms with E-state index in [1.54, 1.807) is 24.3 Å². The van der Waals surface area contributed by atoms with Crippen molar-refractivity contribution < 1.29 is 9.59 Å². The van der Waals surface area contributed by atoms with Crippen LogP contribution in [0, 0.1) is 0 Å². The second kappa shape index (κ2) is 8.52. The summed E-state index contributed by atoms with van der Waals surface area (Å²) in [5.41, 5.74) is 2.30. The molecule has 2 aromatic rings. The number of piperazine rings is 1. The minimum Gasteiger partial charge on any atom is -0.368 e. The summed E-state index contributed by atoms with van der Waals surface area (Å²) in [6.45, 7) is 5.63. The van der Waals surface area contributed by atoms with Crippen molar-refractivity contribution in [2.75, 3.05) is 37.6 Å². The molecule has 5 heteroatoms. The van der Waals surface area contributed by atoms with Gasteiger partial charge in [0.25, 0.3) is 11.8 Å². The third-order valence-electron chi connectivity index (χ3n) is 4.60. The first-order valence-corrected chi connectivity index (χ1v) is 9.16. The second-order valence-corrected chi connectivity index (χ2v) is 6.45. The third-order valence-corrected chi connectivity index (χ3v) is 4.60. The van der Waals surface area contributed by atoms with E-state index in [2.05, 4.69) is 22.3 Å². The molecular formula is C21H25N3O2. The molecule has 0 spiro atoms. The molecule has 5 nitrogen and oxygen atoms in total. The third kappa shape index (κ3) is 4.23. The van der Waals surface area contributed by atoms with Crippen molar-refractivity contribution in [1.29, 1.82) is 0 Å². The van der Waals surface area contributed by atoms with E-state index in [1.165, 1.54) is 5.69 Å². The van der Waals surface area contributed by atoms with Gasteiger partial charge >= 0.3 is 0 Å². The number of hydrogen-bond acceptors (Lipinski definition) is 3. The highest BCUT2D eigenvalue weighted by molar-refractivity contribution is 5.99. The Kier molecular flexibility index (Phi) is 5.89. The van der Waals surface area contributed by atoms with Crippen LogP contribution in [0.5, 0.6) is 0 Å². The van der Waals surface area contributed by atoms with Crippen molar-refractivity contribution in [3.05, 3.63) is 65.7 Å². The molecule has 0 atom stereocenters. The van der Waals surface area contributed by atoms with Crippen LogP contribution in [0.3, 0.4) is 0 Å². The summed E-state index contributed by atoms with van der Waals surface area (Å²) in [7, 11) is 0. The predicted octanol–water partition coefficient (Wildman–Crippen LogP) is 2.79. The maximum Gasteiger partial charge on any atom is 0.253 e. The number of rotatable bonds is 5. The van der Waals surface area contributed by atoms with Gasteiger partial charge in [0.2, 0.25) is 0 Å². The summed E-state index contributed by atoms with van der Waals surface area (Å²) in [6.07, 6.45) is 0.885. The Morgan fingerprint density at radius 1 is 0.923 bits per heavy atom. The number of anilines is 1. The lowest BCUT2D eigenvalue weighted by Gasteiger charge is -2.36. The fraction of sp³-hybridized carbons (Fsp3) is 0.333. The summed E-state index contributed by atoms with van der Waals surface area (Å²) in [6, 6.07) is 17.2. The summed E-state index contributed by atoms with van der Waals surface area (Å²) >= 11 is 0. The Balaban J connectivity index is 1.62. The summed E-state index contributed by atoms with van der Waals surface area (Å²) in [5, 5.41) is 2.85. The highest BCUT2D eigenvalue weighted by Crippen LogP contribution is 2.17. The molecule has 0 aliphatic carbocycles. The second-order valence-electron chi connectivity index (χ2n) is 6.45. The first kappa shape index (κ1) is 18.0. The fourth-order valence-corrected chi connectivity index (χ4v) is 3.12. The van der Waals surface area contributed by atoms with E-state index in [4.69, 9.17) is 0 Å². The molecule has 1 N–H and O–H groups in total. The topological polar surface area (TPSA) is 52.7 Å². The molecule has 1 aliphatic rings. The van der Waals surface area contributed by atoms with Crippen molar-refractivity contribution >= 4 is 17.5 Å². The van der Waals surface area contributed by atoms with E-state index in [-0.39, 0.29) is 11.8 Å². The van der Waals surface area contributed by atoms with E-state index in [0.717, 1.165) is 19.5 Å². The average molecular weight is 351 g/mol. The number of nitrogens with one attached hydrogen (secondary N) is 1. The molecular weight excluding hydrogens is 326 g/mol. The summed E-state index contributed by atoms with van der Waals surface area (Å²) in [4.78, 5) is 29.1. The van der Waals surface area contributed by atoms with Gasteiger partial charge in [0.1, 0.15) is 0 Å². The molecule has 1 heterocycles. The number of benzene rings is 2. The maximum absolute atomic E-state index is 12.8. The van der Waals surface area contributed by atoms with Gasteiger partial charge in [-0.05, 0) is 36.8 Å². The van der Waals surface area contributed by atoms with Crippen LogP contribution < -0.4 is 10.2 Å². The molecule has 1 saturated heterocycles. The number of amides is 2. The summed E-state index contributed by atoms with van der Waals surface area (Å²) < 4.78 is 0. The van der Waals surface area contributed by atoms with Crippen LogP contribution in [-0.2, 0) is 0 Å². The van der Waals surface area contributed by atoms with Gasteiger partial charge in [0, 0.05) is 49.5 Å². The zero-order valence-corrected chi connectivity index (χ0v) is 15.1. The molecule has 1 fully saturated rings. The molecule has 0 saturated carbocycles. The lowest BCUT2D eigenvalue weighted by atomic mass is 10.1. The normalized spacial score (nSPS) is 14.2. The van der Waals surface area contributed by atoms with Crippen molar-refractivity contribution in [2.24, 2.45) is 0 Å². The van der Waals surface area contributed by atoms with Crippen molar-refractivity contribution in [3.8, 4) is 0 Å². The van der Waals surface area contributed by atoms with Gasteiger partial charge in [-0.25, -0.2) is 0 Å². The summed E-state index contributed by atoms with van der Waals surface area (Å²) in [5.74, 6) is -0.141. The highest BCUT2D eigenvalue weighted by Gasteiger charge is 2.22. The van der Waals surface area contributed by atoms with Gasteiger partial charge < -0.3 is 15.1 Å². The molecule has 136 valence electrons. The molecule has 0 aromatic heterocycles. The minimum atomic E-state index is -0.129. The van der Waals surface area contributed by atoms with E-state index < -0.39 is 0 Å². The smallest absolute Gasteiger partial charge is 0.253 e. The number of nitrogens with zero attached hydrogens (tertiary/aromatic N) is 2. The van der Waals surface area contributed by atoms with Gasteiger partial charge in [-0.3, -0.25) is 9.59 Å². The number of hydrogen-bond donors (Lipinski definition) is 1. The molecule has 0 bridgehead atoms. The monoisotopic (exact) mass is 351 g/mol. The van der Waals surface area contributed by atoms with E-state index in [1.807, 2.05) is 30.0 Å². The molecule has 0 radical (unpaired) electrons. The first-order valence-electron chi connectivity index (χ1n) is 9.16. The number of para-hydroxylation sites is 1. The van der Waals surface area contributed by atoms with Crippen LogP contribution in [0.25, 0.3) is 0 Å². The highest BCUT2D eigenvalue weighted by atomic mass is 16.2. The van der Waals surface area contributed by atoms with Crippen LogP contribution >= 0.6 is 0 Å². The fourth-order valence-electron chi connectivity index (χ4n) is 3.12. The van der Waals surface area contributed by atoms with E-state index in [0.29, 0.717) is 30.8 Å². The molecule has 2 aromatic carbocycles. The van der Waals surface area contributed by atoms with Gasteiger partial charge in [-0.15, -0.1) is 0 Å². The van der Waals surface area contributed by atoms with Crippen molar-refractivity contribution in [1.82, 2.24) is 10.2 Å². The Morgan fingerprint density at radius 3 is 2.31 bits per heavy atom. The first-order chi connectivity index (χ1) is 12.7. The largest absolute Gasteiger partial charge is 0.368 e. The molecule has 26 heavy (non-hydrogen) atoms. The Labute approximate surface area is 154 Å². The van der Waals surface area contributed by atoms with Crippen LogP contribution in [0.4, 0.5) is 5.69 Å². The lowest BCUT2D eigenvalue weighted by molar-refractivity contribution is 0.0747. The van der Waals surface area contributed by atoms with Crippen molar-refractivity contribution in [2.45, 2.75) is 13.3 Å². The molecule has 3 rings (SSSR count). The van der Waals surface area contributed by atoms with Gasteiger partial charge in [0.15, 0.2) is 0 Å². The van der Waals surface area contributed by atoms with E-state index in [9.17, 15) is 9.59 Å². The molecule has 2 amide bonds. The molecule has 1 aliphatic heterocycles. The van der Waals surface area contributed by atoms with Crippen LogP contribution in [0.1, 0.15) is 34.1 Å². The van der Waals surface area contributed by atoms with Gasteiger partial charge in [0.05, 0.1) is 0 Å². The predicted molar refractivity (Wildman–Crippen MR) is 104 cm³/mol. The number of carbonyl (C=O) groups is 2. The van der Waals surface area contributed by atoms with Gasteiger partial charge in [-0.1, -0.05) is 31.2 Å². The number of carbonyl (C=O) groups excluding carboxylic acids is 2. The molecule has 0 unspecified atom stereocenters. The lowest BCUT2D eigenvalue weighted by Crippen LogP contribution is -2.48. The van der Waals surface area contributed by atoms with Crippen LogP contribution in [-0.4, -0.2) is 49.4 Å². The Hall–Kier alpha value is -2.82. The van der Waals surface area contributed by atoms with E-state index >= 15 is 0 Å². The van der Waals surface area contributed by atoms with Crippen LogP contribution in [0.2, 0.25) is 0 Å². The Bertz CT molecular complexity index is 753. The quantitative estimate of drug-likeness (QED) is 0.901. The van der Waals surface area contributed by atoms with Gasteiger partial charge in [-0.2, -0.15) is 0 Å². The average Bonchev–Trinajstić information content (AvgIpc) is 2.72. The minimum absolute atomic E-state index is 0.0112. The zero-order valence-electron chi connectivity index (χ0n) is 15.1. The SMILES string of the molecule is CCCNC(=O)c1cccc(C(=O)N2CCN(c3ccccc3)CC2)c1. The van der Waals surface area contributed by atoms with Crippen LogP contribution in [0.15, 0.2) is 54.6 Å². The van der Waals surface area contributed by atoms with Crippen molar-refractivity contribution in [3.63, 3.8) is 0 Å².